The third-order valence-electron chi connectivity index (χ3n) is 1.43. The first-order valence-corrected chi connectivity index (χ1v) is 8.23. The summed E-state index contributed by atoms with van der Waals surface area (Å²) in [5.74, 6) is 0. The summed E-state index contributed by atoms with van der Waals surface area (Å²) < 4.78 is 27.1. The highest BCUT2D eigenvalue weighted by atomic mass is 28.4. The van der Waals surface area contributed by atoms with E-state index in [9.17, 15) is 0 Å². The van der Waals surface area contributed by atoms with Gasteiger partial charge in [-0.05, 0) is 27.7 Å². The van der Waals surface area contributed by atoms with Crippen molar-refractivity contribution in [3.05, 3.63) is 0 Å². The van der Waals surface area contributed by atoms with Crippen LogP contribution in [0.4, 0.5) is 0 Å². The number of rotatable bonds is 10. The van der Waals surface area contributed by atoms with Gasteiger partial charge in [0.05, 0.1) is 0 Å². The first-order valence-electron chi connectivity index (χ1n) is 5.40. The van der Waals surface area contributed by atoms with Gasteiger partial charge in [-0.15, -0.1) is 0 Å². The van der Waals surface area contributed by atoms with Gasteiger partial charge in [0.2, 0.25) is 0 Å². The third kappa shape index (κ3) is 8.08. The van der Waals surface area contributed by atoms with E-state index in [-0.39, 0.29) is 0 Å². The molecule has 0 saturated heterocycles. The van der Waals surface area contributed by atoms with Crippen LogP contribution >= 0.6 is 0 Å². The molecule has 0 amide bonds. The van der Waals surface area contributed by atoms with Gasteiger partial charge in [-0.1, -0.05) is 0 Å². The lowest BCUT2D eigenvalue weighted by molar-refractivity contribution is 0.0937. The predicted octanol–water partition coefficient (Wildman–Crippen LogP) is 0.583. The highest BCUT2D eigenvalue weighted by Crippen LogP contribution is 1.99. The van der Waals surface area contributed by atoms with E-state index < -0.39 is 19.1 Å². The van der Waals surface area contributed by atoms with Crippen LogP contribution < -0.4 is 0 Å². The molecule has 0 N–H and O–H groups in total. The van der Waals surface area contributed by atoms with E-state index in [0.717, 1.165) is 0 Å². The first kappa shape index (κ1) is 15.2. The fourth-order valence-corrected chi connectivity index (χ4v) is 4.15. The fraction of sp³-hybridized carbons (Fsp3) is 1.00. The second kappa shape index (κ2) is 10.7. The normalized spacial score (nSPS) is 11.6. The van der Waals surface area contributed by atoms with Gasteiger partial charge in [-0.2, -0.15) is 0 Å². The Labute approximate surface area is 95.6 Å². The van der Waals surface area contributed by atoms with E-state index in [4.69, 9.17) is 21.8 Å². The maximum absolute atomic E-state index is 5.60. The summed E-state index contributed by atoms with van der Waals surface area (Å²) in [7, 11) is -4.09. The Morgan fingerprint density at radius 2 is 0.867 bits per heavy atom. The minimum Gasteiger partial charge on any atom is -0.377 e. The molecule has 0 heterocycles. The van der Waals surface area contributed by atoms with Crippen LogP contribution in [0.5, 0.6) is 0 Å². The van der Waals surface area contributed by atoms with E-state index in [1.54, 1.807) is 0 Å². The van der Waals surface area contributed by atoms with Crippen LogP contribution in [0.15, 0.2) is 0 Å². The van der Waals surface area contributed by atoms with Gasteiger partial charge in [-0.25, -0.2) is 0 Å². The highest BCUT2D eigenvalue weighted by molar-refractivity contribution is 6.51. The molecule has 0 saturated carbocycles. The van der Waals surface area contributed by atoms with E-state index in [0.29, 0.717) is 26.4 Å². The lowest BCUT2D eigenvalue weighted by atomic mass is 10.9. The molecule has 0 rings (SSSR count). The average Bonchev–Trinajstić information content (AvgIpc) is 2.19. The summed E-state index contributed by atoms with van der Waals surface area (Å²) >= 11 is 0. The molecular formula is C8H22O5Si2. The van der Waals surface area contributed by atoms with Gasteiger partial charge in [0.1, 0.15) is 0 Å². The van der Waals surface area contributed by atoms with Crippen molar-refractivity contribution in [2.75, 3.05) is 26.4 Å². The van der Waals surface area contributed by atoms with Crippen molar-refractivity contribution in [1.29, 1.82) is 0 Å². The van der Waals surface area contributed by atoms with E-state index in [1.165, 1.54) is 0 Å². The van der Waals surface area contributed by atoms with Crippen molar-refractivity contribution in [3.8, 4) is 0 Å². The summed E-state index contributed by atoms with van der Waals surface area (Å²) in [5.41, 5.74) is 0. The van der Waals surface area contributed by atoms with Gasteiger partial charge in [0, 0.05) is 26.4 Å². The summed E-state index contributed by atoms with van der Waals surface area (Å²) in [6.45, 7) is 10.0. The van der Waals surface area contributed by atoms with Crippen LogP contribution in [0, 0.1) is 0 Å². The van der Waals surface area contributed by atoms with Crippen molar-refractivity contribution in [2.24, 2.45) is 0 Å². The van der Waals surface area contributed by atoms with Gasteiger partial charge in [-0.3, -0.25) is 0 Å². The summed E-state index contributed by atoms with van der Waals surface area (Å²) in [5, 5.41) is 0. The smallest absolute Gasteiger partial charge is 0.377 e. The van der Waals surface area contributed by atoms with E-state index >= 15 is 0 Å². The molecule has 0 radical (unpaired) electrons. The average molecular weight is 254 g/mol. The van der Waals surface area contributed by atoms with Gasteiger partial charge >= 0.3 is 19.1 Å². The van der Waals surface area contributed by atoms with Crippen molar-refractivity contribution in [3.63, 3.8) is 0 Å². The molecule has 0 aromatic rings. The second-order valence-electron chi connectivity index (χ2n) is 2.53. The number of hydrogen-bond donors (Lipinski definition) is 0. The fourth-order valence-electron chi connectivity index (χ4n) is 0.888. The molecule has 0 spiro atoms. The molecule has 15 heavy (non-hydrogen) atoms. The standard InChI is InChI=1S/C8H22O5Si2/c1-5-9-14(10-6-2)13-15(11-7-3)12-8-4/h14-15H,5-8H2,1-4H3. The zero-order valence-corrected chi connectivity index (χ0v) is 12.3. The van der Waals surface area contributed by atoms with Crippen LogP contribution in [-0.4, -0.2) is 45.5 Å². The van der Waals surface area contributed by atoms with Crippen LogP contribution in [0.1, 0.15) is 27.7 Å². The molecule has 0 aliphatic rings. The van der Waals surface area contributed by atoms with Crippen LogP contribution in [-0.2, 0) is 21.8 Å². The molecule has 0 aromatic heterocycles. The molecule has 0 aromatic carbocycles. The SMILES string of the molecule is CCO[SiH](OCC)O[SiH](OCC)OCC. The zero-order chi connectivity index (χ0) is 11.5. The summed E-state index contributed by atoms with van der Waals surface area (Å²) in [6, 6.07) is 0. The topological polar surface area (TPSA) is 46.2 Å². The first-order chi connectivity index (χ1) is 7.28. The molecule has 7 heteroatoms. The lowest BCUT2D eigenvalue weighted by Crippen LogP contribution is -2.38. The van der Waals surface area contributed by atoms with Crippen LogP contribution in [0.3, 0.4) is 0 Å². The van der Waals surface area contributed by atoms with Crippen molar-refractivity contribution in [1.82, 2.24) is 0 Å². The monoisotopic (exact) mass is 254 g/mol. The van der Waals surface area contributed by atoms with Crippen LogP contribution in [0.25, 0.3) is 0 Å². The lowest BCUT2D eigenvalue weighted by Gasteiger charge is -2.20. The third-order valence-corrected chi connectivity index (χ3v) is 5.63. The Morgan fingerprint density at radius 3 is 1.07 bits per heavy atom. The highest BCUT2D eigenvalue weighted by Gasteiger charge is 2.23. The predicted molar refractivity (Wildman–Crippen MR) is 61.9 cm³/mol. The van der Waals surface area contributed by atoms with E-state index in [2.05, 4.69) is 0 Å². The van der Waals surface area contributed by atoms with Crippen molar-refractivity contribution >= 4 is 19.1 Å². The van der Waals surface area contributed by atoms with Crippen molar-refractivity contribution < 1.29 is 21.8 Å². The molecule has 5 nitrogen and oxygen atoms in total. The zero-order valence-electron chi connectivity index (χ0n) is 10.0. The maximum atomic E-state index is 5.60. The van der Waals surface area contributed by atoms with E-state index in [1.807, 2.05) is 27.7 Å². The molecule has 92 valence electrons. The quantitative estimate of drug-likeness (QED) is 0.534. The summed E-state index contributed by atoms with van der Waals surface area (Å²) in [6.07, 6.45) is 0. The Hall–Kier alpha value is 0.234. The Morgan fingerprint density at radius 1 is 0.600 bits per heavy atom. The Kier molecular flexibility index (Phi) is 10.9. The molecule has 0 fully saturated rings. The molecular weight excluding hydrogens is 232 g/mol. The minimum absolute atomic E-state index is 0.594. The van der Waals surface area contributed by atoms with Crippen molar-refractivity contribution in [2.45, 2.75) is 27.7 Å². The van der Waals surface area contributed by atoms with Gasteiger partial charge < -0.3 is 21.8 Å². The Bertz CT molecular complexity index is 112. The molecule has 0 aliphatic carbocycles. The number of hydrogen-bond acceptors (Lipinski definition) is 5. The molecule has 0 atom stereocenters. The maximum Gasteiger partial charge on any atom is 0.476 e. The molecule has 0 unspecified atom stereocenters. The van der Waals surface area contributed by atoms with Gasteiger partial charge in [0.15, 0.2) is 0 Å². The molecule has 0 bridgehead atoms. The Balaban J connectivity index is 3.93. The second-order valence-corrected chi connectivity index (χ2v) is 6.11. The van der Waals surface area contributed by atoms with Crippen LogP contribution in [0.2, 0.25) is 0 Å². The summed E-state index contributed by atoms with van der Waals surface area (Å²) in [4.78, 5) is 0. The minimum atomic E-state index is -2.04. The largest absolute Gasteiger partial charge is 0.476 e. The molecule has 0 aliphatic heterocycles. The van der Waals surface area contributed by atoms with Gasteiger partial charge in [0.25, 0.3) is 0 Å².